The molecule has 8 nitrogen and oxygen atoms in total. The van der Waals surface area contributed by atoms with Crippen LogP contribution in [-0.4, -0.2) is 25.3 Å². The lowest BCUT2D eigenvalue weighted by Crippen LogP contribution is -2.31. The Kier molecular flexibility index (Phi) is 6.29. The first-order valence-corrected chi connectivity index (χ1v) is 9.81. The summed E-state index contributed by atoms with van der Waals surface area (Å²) in [5.41, 5.74) is 0.841. The van der Waals surface area contributed by atoms with Gasteiger partial charge in [-0.25, -0.2) is 13.1 Å². The van der Waals surface area contributed by atoms with Gasteiger partial charge in [-0.2, -0.15) is 0 Å². The van der Waals surface area contributed by atoms with Crippen molar-refractivity contribution in [2.75, 3.05) is 5.32 Å². The fourth-order valence-corrected chi connectivity index (χ4v) is 3.61. The van der Waals surface area contributed by atoms with Crippen LogP contribution in [0.2, 0.25) is 0 Å². The molecule has 2 aromatic carbocycles. The summed E-state index contributed by atoms with van der Waals surface area (Å²) in [5, 5.41) is 13.6. The minimum Gasteiger partial charge on any atom is -0.322 e. The van der Waals surface area contributed by atoms with Crippen molar-refractivity contribution in [3.05, 3.63) is 63.7 Å². The molecule has 0 bridgehead atoms. The molecule has 2 N–H and O–H groups in total. The minimum absolute atomic E-state index is 0.0896. The normalized spacial score (nSPS) is 12.4. The molecule has 0 radical (unpaired) electrons. The number of carbonyl (C=O) groups is 1. The molecule has 0 aliphatic heterocycles. The Labute approximate surface area is 157 Å². The summed E-state index contributed by atoms with van der Waals surface area (Å²) >= 11 is 0. The maximum absolute atomic E-state index is 12.3. The van der Waals surface area contributed by atoms with Gasteiger partial charge in [0.1, 0.15) is 0 Å². The highest BCUT2D eigenvalue weighted by Crippen LogP contribution is 2.21. The summed E-state index contributed by atoms with van der Waals surface area (Å²) in [4.78, 5) is 22.8. The van der Waals surface area contributed by atoms with Crippen LogP contribution >= 0.6 is 0 Å². The van der Waals surface area contributed by atoms with Gasteiger partial charge in [0.15, 0.2) is 0 Å². The zero-order chi connectivity index (χ0) is 20.2. The molecule has 2 rings (SSSR count). The minimum atomic E-state index is -3.63. The average Bonchev–Trinajstić information content (AvgIpc) is 2.61. The summed E-state index contributed by atoms with van der Waals surface area (Å²) < 4.78 is 27.0. The highest BCUT2D eigenvalue weighted by atomic mass is 32.2. The van der Waals surface area contributed by atoms with Gasteiger partial charge in [0.05, 0.1) is 9.82 Å². The van der Waals surface area contributed by atoms with E-state index < -0.39 is 20.9 Å². The number of nitrogens with one attached hydrogen (secondary N) is 2. The number of benzene rings is 2. The number of anilines is 1. The van der Waals surface area contributed by atoms with E-state index in [-0.39, 0.29) is 22.2 Å². The van der Waals surface area contributed by atoms with E-state index in [1.165, 1.54) is 42.5 Å². The quantitative estimate of drug-likeness (QED) is 0.555. The number of aryl methyl sites for hydroxylation is 1. The predicted octanol–water partition coefficient (Wildman–Crippen LogP) is 3.23. The highest BCUT2D eigenvalue weighted by Gasteiger charge is 2.17. The first-order valence-electron chi connectivity index (χ1n) is 8.33. The average molecular weight is 391 g/mol. The molecular formula is C18H21N3O5S. The van der Waals surface area contributed by atoms with Crippen molar-refractivity contribution in [2.45, 2.75) is 38.1 Å². The molecule has 0 aliphatic rings. The molecule has 144 valence electrons. The van der Waals surface area contributed by atoms with Crippen LogP contribution < -0.4 is 10.0 Å². The van der Waals surface area contributed by atoms with Crippen LogP contribution in [0.15, 0.2) is 47.4 Å². The van der Waals surface area contributed by atoms with Crippen LogP contribution in [0.25, 0.3) is 0 Å². The molecule has 1 atom stereocenters. The summed E-state index contributed by atoms with van der Waals surface area (Å²) in [6.45, 7) is 5.24. The third kappa shape index (κ3) is 5.11. The lowest BCUT2D eigenvalue weighted by atomic mass is 10.1. The number of nitrogens with zero attached hydrogens (tertiary/aromatic N) is 1. The van der Waals surface area contributed by atoms with Gasteiger partial charge in [0.2, 0.25) is 10.0 Å². The van der Waals surface area contributed by atoms with Crippen LogP contribution in [0.1, 0.15) is 36.2 Å². The summed E-state index contributed by atoms with van der Waals surface area (Å²) in [5.74, 6) is -0.522. The van der Waals surface area contributed by atoms with Crippen LogP contribution in [0.4, 0.5) is 11.4 Å². The molecule has 1 amide bonds. The van der Waals surface area contributed by atoms with E-state index in [0.29, 0.717) is 17.7 Å². The van der Waals surface area contributed by atoms with Crippen molar-refractivity contribution in [1.29, 1.82) is 0 Å². The third-order valence-electron chi connectivity index (χ3n) is 4.06. The summed E-state index contributed by atoms with van der Waals surface area (Å²) in [7, 11) is -3.63. The maximum atomic E-state index is 12.3. The third-order valence-corrected chi connectivity index (χ3v) is 5.66. The van der Waals surface area contributed by atoms with E-state index in [1.807, 2.05) is 6.92 Å². The van der Waals surface area contributed by atoms with Crippen molar-refractivity contribution >= 4 is 27.3 Å². The fraction of sp³-hybridized carbons (Fsp3) is 0.278. The largest absolute Gasteiger partial charge is 0.322 e. The van der Waals surface area contributed by atoms with Crippen molar-refractivity contribution in [1.82, 2.24) is 4.72 Å². The van der Waals surface area contributed by atoms with E-state index in [1.54, 1.807) is 13.8 Å². The Morgan fingerprint density at radius 3 is 2.37 bits per heavy atom. The number of sulfonamides is 1. The fourth-order valence-electron chi connectivity index (χ4n) is 2.28. The molecule has 0 aromatic heterocycles. The van der Waals surface area contributed by atoms with Crippen molar-refractivity contribution in [3.8, 4) is 0 Å². The number of hydrogen-bond acceptors (Lipinski definition) is 5. The molecule has 0 aliphatic carbocycles. The van der Waals surface area contributed by atoms with Gasteiger partial charge in [-0.1, -0.05) is 13.0 Å². The predicted molar refractivity (Wildman–Crippen MR) is 102 cm³/mol. The Hall–Kier alpha value is -2.78. The molecule has 0 fully saturated rings. The zero-order valence-electron chi connectivity index (χ0n) is 15.2. The number of amides is 1. The molecule has 1 unspecified atom stereocenters. The van der Waals surface area contributed by atoms with Gasteiger partial charge in [0, 0.05) is 28.9 Å². The number of nitro benzene ring substituents is 1. The Morgan fingerprint density at radius 2 is 1.81 bits per heavy atom. The molecule has 0 spiro atoms. The van der Waals surface area contributed by atoms with E-state index in [9.17, 15) is 23.3 Å². The Morgan fingerprint density at radius 1 is 1.19 bits per heavy atom. The summed E-state index contributed by atoms with van der Waals surface area (Å²) in [6, 6.07) is 9.72. The van der Waals surface area contributed by atoms with E-state index in [0.717, 1.165) is 0 Å². The number of nitro groups is 1. The van der Waals surface area contributed by atoms with Gasteiger partial charge < -0.3 is 5.32 Å². The van der Waals surface area contributed by atoms with Crippen LogP contribution in [0.3, 0.4) is 0 Å². The number of carbonyl (C=O) groups excluding carboxylic acids is 1. The monoisotopic (exact) mass is 391 g/mol. The van der Waals surface area contributed by atoms with Gasteiger partial charge in [-0.3, -0.25) is 14.9 Å². The molecule has 0 saturated heterocycles. The molecule has 0 saturated carbocycles. The first-order chi connectivity index (χ1) is 12.6. The molecule has 0 heterocycles. The lowest BCUT2D eigenvalue weighted by molar-refractivity contribution is -0.385. The van der Waals surface area contributed by atoms with E-state index >= 15 is 0 Å². The van der Waals surface area contributed by atoms with Crippen LogP contribution in [0, 0.1) is 17.0 Å². The second kappa shape index (κ2) is 8.28. The highest BCUT2D eigenvalue weighted by molar-refractivity contribution is 7.89. The van der Waals surface area contributed by atoms with Gasteiger partial charge in [-0.15, -0.1) is 0 Å². The molecule has 27 heavy (non-hydrogen) atoms. The standard InChI is InChI=1S/C18H21N3O5S/c1-4-13(3)20-27(25,26)16-9-7-15(8-10-16)19-18(22)14-6-5-12(2)17(11-14)21(23)24/h5-11,13,20H,4H2,1-3H3,(H,19,22). The second-order valence-electron chi connectivity index (χ2n) is 6.17. The van der Waals surface area contributed by atoms with E-state index in [2.05, 4.69) is 10.0 Å². The van der Waals surface area contributed by atoms with Crippen molar-refractivity contribution in [3.63, 3.8) is 0 Å². The van der Waals surface area contributed by atoms with Crippen LogP contribution in [-0.2, 0) is 10.0 Å². The van der Waals surface area contributed by atoms with E-state index in [4.69, 9.17) is 0 Å². The van der Waals surface area contributed by atoms with Gasteiger partial charge in [0.25, 0.3) is 11.6 Å². The molecular weight excluding hydrogens is 370 g/mol. The smallest absolute Gasteiger partial charge is 0.273 e. The SMILES string of the molecule is CCC(C)NS(=O)(=O)c1ccc(NC(=O)c2ccc(C)c([N+](=O)[O-])c2)cc1. The number of rotatable bonds is 7. The topological polar surface area (TPSA) is 118 Å². The first kappa shape index (κ1) is 20.5. The Balaban J connectivity index is 2.16. The van der Waals surface area contributed by atoms with Crippen LogP contribution in [0.5, 0.6) is 0 Å². The lowest BCUT2D eigenvalue weighted by Gasteiger charge is -2.12. The molecule has 9 heteroatoms. The second-order valence-corrected chi connectivity index (χ2v) is 7.88. The molecule has 2 aromatic rings. The van der Waals surface area contributed by atoms with Gasteiger partial charge in [-0.05, 0) is 50.6 Å². The van der Waals surface area contributed by atoms with Gasteiger partial charge >= 0.3 is 0 Å². The van der Waals surface area contributed by atoms with Crippen molar-refractivity contribution in [2.24, 2.45) is 0 Å². The maximum Gasteiger partial charge on any atom is 0.273 e. The van der Waals surface area contributed by atoms with Crippen molar-refractivity contribution < 1.29 is 18.1 Å². The number of hydrogen-bond donors (Lipinski definition) is 2. The summed E-state index contributed by atoms with van der Waals surface area (Å²) in [6.07, 6.45) is 0.663. The zero-order valence-corrected chi connectivity index (χ0v) is 16.0. The Bertz CT molecular complexity index is 955.